The Morgan fingerprint density at radius 2 is 1.40 bits per heavy atom. The summed E-state index contributed by atoms with van der Waals surface area (Å²) in [6.45, 7) is 8.25. The van der Waals surface area contributed by atoms with Crippen molar-refractivity contribution in [1.82, 2.24) is 0 Å². The molecule has 0 radical (unpaired) electrons. The highest BCUT2D eigenvalue weighted by Gasteiger charge is 2.11. The fourth-order valence-electron chi connectivity index (χ4n) is 1.17. The van der Waals surface area contributed by atoms with Gasteiger partial charge in [0.1, 0.15) is 0 Å². The Morgan fingerprint density at radius 3 is 1.68 bits per heavy atom. The summed E-state index contributed by atoms with van der Waals surface area (Å²) in [4.78, 5) is 9.77. The van der Waals surface area contributed by atoms with Gasteiger partial charge in [-0.1, -0.05) is 45.7 Å². The molecule has 6 N–H and O–H groups in total. The average molecular weight is 434 g/mol. The van der Waals surface area contributed by atoms with Gasteiger partial charge in [0, 0.05) is 28.0 Å². The lowest BCUT2D eigenvalue weighted by Gasteiger charge is -1.99. The van der Waals surface area contributed by atoms with Crippen molar-refractivity contribution in [3.05, 3.63) is 56.0 Å². The highest BCUT2D eigenvalue weighted by atomic mass is 79.9. The molecule has 8 heteroatoms. The van der Waals surface area contributed by atoms with E-state index in [2.05, 4.69) is 29.8 Å². The summed E-state index contributed by atoms with van der Waals surface area (Å²) in [5, 5.41) is 10.5. The Kier molecular flexibility index (Phi) is 14.5. The van der Waals surface area contributed by atoms with Gasteiger partial charge < -0.3 is 17.2 Å². The van der Waals surface area contributed by atoms with Crippen LogP contribution >= 0.6 is 27.5 Å². The second kappa shape index (κ2) is 14.4. The number of nitrogens with two attached hydrogens (primary N) is 3. The molecule has 0 saturated heterocycles. The molecule has 0 saturated carbocycles. The molecule has 2 aromatic carbocycles. The molecule has 2 aromatic rings. The topological polar surface area (TPSA) is 121 Å². The first kappa shape index (κ1) is 25.3. The normalized spacial score (nSPS) is 8.56. The molecule has 2 rings (SSSR count). The van der Waals surface area contributed by atoms with Crippen molar-refractivity contribution in [2.75, 3.05) is 17.2 Å². The average Bonchev–Trinajstić information content (AvgIpc) is 2.58. The number of anilines is 3. The van der Waals surface area contributed by atoms with Crippen molar-refractivity contribution in [2.45, 2.75) is 34.1 Å². The highest BCUT2D eigenvalue weighted by Crippen LogP contribution is 2.32. The smallest absolute Gasteiger partial charge is 0.272 e. The Morgan fingerprint density at radius 1 is 1.04 bits per heavy atom. The van der Waals surface area contributed by atoms with E-state index in [1.54, 1.807) is 24.3 Å². The van der Waals surface area contributed by atoms with Gasteiger partial charge in [-0.25, -0.2) is 0 Å². The number of benzene rings is 2. The third-order valence-electron chi connectivity index (χ3n) is 2.21. The molecule has 0 aliphatic rings. The second-order valence-electron chi connectivity index (χ2n) is 4.45. The molecule has 25 heavy (non-hydrogen) atoms. The minimum absolute atomic E-state index is 0.0823. The van der Waals surface area contributed by atoms with Crippen LogP contribution in [0.15, 0.2) is 40.9 Å². The molecular formula is C17H26BrClN4O2. The van der Waals surface area contributed by atoms with Gasteiger partial charge in [-0.05, 0) is 40.2 Å². The Labute approximate surface area is 162 Å². The zero-order valence-corrected chi connectivity index (χ0v) is 17.3. The summed E-state index contributed by atoms with van der Waals surface area (Å²) in [6, 6.07) is 9.61. The molecule has 0 amide bonds. The molecule has 0 aliphatic carbocycles. The molecule has 0 unspecified atom stereocenters. The number of nitrogen functional groups attached to an aromatic ring is 3. The molecule has 0 atom stereocenters. The van der Waals surface area contributed by atoms with Crippen LogP contribution < -0.4 is 17.2 Å². The number of hydrogen-bond acceptors (Lipinski definition) is 5. The zero-order valence-electron chi connectivity index (χ0n) is 14.9. The van der Waals surface area contributed by atoms with Gasteiger partial charge >= 0.3 is 0 Å². The fraction of sp³-hybridized carbons (Fsp3) is 0.294. The van der Waals surface area contributed by atoms with E-state index < -0.39 is 4.92 Å². The number of rotatable bonds is 1. The lowest BCUT2D eigenvalue weighted by Crippen LogP contribution is -1.92. The first-order valence-electron chi connectivity index (χ1n) is 7.72. The molecule has 0 heterocycles. The van der Waals surface area contributed by atoms with Crippen LogP contribution in [-0.4, -0.2) is 4.92 Å². The molecule has 0 spiro atoms. The summed E-state index contributed by atoms with van der Waals surface area (Å²) in [7, 11) is 0. The monoisotopic (exact) mass is 432 g/mol. The minimum Gasteiger partial charge on any atom is -0.399 e. The van der Waals surface area contributed by atoms with Crippen LogP contribution in [0.4, 0.5) is 22.7 Å². The number of non-ortho nitro benzene ring substituents is 1. The van der Waals surface area contributed by atoms with Crippen LogP contribution in [0, 0.1) is 10.1 Å². The number of nitro benzene ring substituents is 1. The quantitative estimate of drug-likeness (QED) is 0.294. The molecule has 0 fully saturated rings. The maximum Gasteiger partial charge on any atom is 0.272 e. The molecular weight excluding hydrogens is 408 g/mol. The van der Waals surface area contributed by atoms with Crippen LogP contribution in [0.1, 0.15) is 34.1 Å². The third kappa shape index (κ3) is 11.2. The summed E-state index contributed by atoms with van der Waals surface area (Å²) in [6.07, 6.45) is 1.25. The Balaban J connectivity index is 0. The summed E-state index contributed by atoms with van der Waals surface area (Å²) in [5.74, 6) is 0. The van der Waals surface area contributed by atoms with Crippen LogP contribution in [0.25, 0.3) is 0 Å². The van der Waals surface area contributed by atoms with Crippen LogP contribution in [-0.2, 0) is 0 Å². The van der Waals surface area contributed by atoms with Crippen molar-refractivity contribution in [2.24, 2.45) is 0 Å². The van der Waals surface area contributed by atoms with Gasteiger partial charge in [-0.15, -0.1) is 0 Å². The molecule has 0 bridgehead atoms. The fourth-order valence-corrected chi connectivity index (χ4v) is 1.95. The lowest BCUT2D eigenvalue weighted by atomic mass is 10.3. The van der Waals surface area contributed by atoms with Gasteiger partial charge in [0.2, 0.25) is 0 Å². The van der Waals surface area contributed by atoms with Crippen LogP contribution in [0.5, 0.6) is 0 Å². The SMILES string of the molecule is CC.CCC.Nc1c(Cl)cc([N+](=O)[O-])cc1Br.Nc1ccc(N)cc1. The van der Waals surface area contributed by atoms with Gasteiger partial charge in [-0.2, -0.15) is 0 Å². The van der Waals surface area contributed by atoms with E-state index in [1.165, 1.54) is 18.6 Å². The van der Waals surface area contributed by atoms with E-state index in [1.807, 2.05) is 13.8 Å². The van der Waals surface area contributed by atoms with Crippen molar-refractivity contribution in [1.29, 1.82) is 0 Å². The Bertz CT molecular complexity index is 593. The zero-order chi connectivity index (χ0) is 20.0. The third-order valence-corrected chi connectivity index (χ3v) is 3.18. The van der Waals surface area contributed by atoms with Crippen molar-refractivity contribution in [3.8, 4) is 0 Å². The van der Waals surface area contributed by atoms with Gasteiger partial charge in [0.05, 0.1) is 15.6 Å². The number of nitro groups is 1. The van der Waals surface area contributed by atoms with Gasteiger partial charge in [0.25, 0.3) is 5.69 Å². The van der Waals surface area contributed by atoms with Gasteiger partial charge in [0.15, 0.2) is 0 Å². The Hall–Kier alpha value is -1.99. The molecule has 6 nitrogen and oxygen atoms in total. The lowest BCUT2D eigenvalue weighted by molar-refractivity contribution is -0.384. The van der Waals surface area contributed by atoms with E-state index >= 15 is 0 Å². The number of halogens is 2. The summed E-state index contributed by atoms with van der Waals surface area (Å²) in [5.41, 5.74) is 17.9. The van der Waals surface area contributed by atoms with E-state index in [0.717, 1.165) is 11.4 Å². The molecule has 0 aromatic heterocycles. The maximum atomic E-state index is 10.3. The van der Waals surface area contributed by atoms with Crippen molar-refractivity contribution < 1.29 is 4.92 Å². The standard InChI is InChI=1S/C6H4BrClN2O2.C6H8N2.C3H8.C2H6/c7-4-1-3(10(11)12)2-5(8)6(4)9;7-5-1-2-6(8)4-3-5;1-3-2;1-2/h1-2H,9H2;1-4H,7-8H2;3H2,1-2H3;1-2H3. The van der Waals surface area contributed by atoms with Crippen molar-refractivity contribution >= 4 is 50.3 Å². The van der Waals surface area contributed by atoms with E-state index in [0.29, 0.717) is 10.2 Å². The van der Waals surface area contributed by atoms with E-state index in [4.69, 9.17) is 28.8 Å². The predicted octanol–water partition coefficient (Wildman–Crippen LogP) is 5.89. The second-order valence-corrected chi connectivity index (χ2v) is 5.72. The first-order valence-corrected chi connectivity index (χ1v) is 8.89. The van der Waals surface area contributed by atoms with Crippen molar-refractivity contribution in [3.63, 3.8) is 0 Å². The summed E-state index contributed by atoms with van der Waals surface area (Å²) < 4.78 is 0.432. The summed E-state index contributed by atoms with van der Waals surface area (Å²) >= 11 is 8.66. The van der Waals surface area contributed by atoms with Crippen LogP contribution in [0.3, 0.4) is 0 Å². The van der Waals surface area contributed by atoms with E-state index in [-0.39, 0.29) is 10.7 Å². The van der Waals surface area contributed by atoms with Gasteiger partial charge in [-0.3, -0.25) is 10.1 Å². The highest BCUT2D eigenvalue weighted by molar-refractivity contribution is 9.10. The largest absolute Gasteiger partial charge is 0.399 e. The van der Waals surface area contributed by atoms with Crippen LogP contribution in [0.2, 0.25) is 5.02 Å². The maximum absolute atomic E-state index is 10.3. The number of nitrogens with zero attached hydrogens (tertiary/aromatic N) is 1. The molecule has 140 valence electrons. The first-order chi connectivity index (χ1) is 11.7. The molecule has 0 aliphatic heterocycles. The predicted molar refractivity (Wildman–Crippen MR) is 113 cm³/mol. The number of hydrogen-bond donors (Lipinski definition) is 3. The minimum atomic E-state index is -0.532. The van der Waals surface area contributed by atoms with E-state index in [9.17, 15) is 10.1 Å².